The van der Waals surface area contributed by atoms with E-state index >= 15 is 0 Å². The molecule has 2 atom stereocenters. The lowest BCUT2D eigenvalue weighted by Crippen LogP contribution is -2.51. The number of carboxylic acids is 1. The second-order valence-corrected chi connectivity index (χ2v) is 6.83. The molecule has 0 aromatic carbocycles. The molecule has 5 nitrogen and oxygen atoms in total. The Morgan fingerprint density at radius 3 is 2.45 bits per heavy atom. The summed E-state index contributed by atoms with van der Waals surface area (Å²) in [6.07, 6.45) is 7.68. The van der Waals surface area contributed by atoms with Gasteiger partial charge in [0.2, 0.25) is 5.91 Å². The van der Waals surface area contributed by atoms with Crippen molar-refractivity contribution in [2.75, 3.05) is 0 Å². The third kappa shape index (κ3) is 3.14. The standard InChI is InChI=1S/C15H26N2O3/c1-14(13(19)20)7-5-6-11(14)17-12(18)10-15(16)8-3-2-4-9-15/h11H,2-10,16H2,1H3,(H,17,18)(H,19,20). The summed E-state index contributed by atoms with van der Waals surface area (Å²) in [5.74, 6) is -0.908. The number of rotatable bonds is 4. The number of aliphatic carboxylic acids is 1. The highest BCUT2D eigenvalue weighted by molar-refractivity contribution is 5.80. The fourth-order valence-corrected chi connectivity index (χ4v) is 3.65. The summed E-state index contributed by atoms with van der Waals surface area (Å²) in [7, 11) is 0. The number of nitrogens with two attached hydrogens (primary N) is 1. The Bertz CT molecular complexity index is 391. The molecule has 0 aliphatic heterocycles. The molecule has 2 aliphatic rings. The van der Waals surface area contributed by atoms with Crippen molar-refractivity contribution in [1.29, 1.82) is 0 Å². The zero-order valence-corrected chi connectivity index (χ0v) is 12.3. The average Bonchev–Trinajstić information content (AvgIpc) is 2.72. The number of hydrogen-bond donors (Lipinski definition) is 3. The number of carbonyl (C=O) groups excluding carboxylic acids is 1. The molecule has 2 rings (SSSR count). The van der Waals surface area contributed by atoms with Gasteiger partial charge in [0.05, 0.1) is 5.41 Å². The number of carbonyl (C=O) groups is 2. The summed E-state index contributed by atoms with van der Waals surface area (Å²) in [4.78, 5) is 23.6. The molecule has 0 aromatic rings. The van der Waals surface area contributed by atoms with Gasteiger partial charge in [-0.15, -0.1) is 0 Å². The van der Waals surface area contributed by atoms with Crippen LogP contribution in [0.5, 0.6) is 0 Å². The van der Waals surface area contributed by atoms with Gasteiger partial charge in [0.1, 0.15) is 0 Å². The molecule has 1 amide bonds. The van der Waals surface area contributed by atoms with E-state index in [4.69, 9.17) is 5.73 Å². The maximum atomic E-state index is 12.2. The summed E-state index contributed by atoms with van der Waals surface area (Å²) in [6, 6.07) is -0.264. The first-order valence-electron chi connectivity index (χ1n) is 7.67. The highest BCUT2D eigenvalue weighted by atomic mass is 16.4. The lowest BCUT2D eigenvalue weighted by atomic mass is 9.79. The van der Waals surface area contributed by atoms with E-state index in [0.717, 1.165) is 38.5 Å². The van der Waals surface area contributed by atoms with Crippen molar-refractivity contribution in [1.82, 2.24) is 5.32 Å². The molecule has 2 fully saturated rings. The third-order valence-electron chi connectivity index (χ3n) is 5.14. The molecule has 20 heavy (non-hydrogen) atoms. The van der Waals surface area contributed by atoms with Crippen molar-refractivity contribution in [2.45, 2.75) is 76.3 Å². The lowest BCUT2D eigenvalue weighted by molar-refractivity contribution is -0.149. The van der Waals surface area contributed by atoms with Crippen molar-refractivity contribution in [3.63, 3.8) is 0 Å². The van der Waals surface area contributed by atoms with E-state index in [1.54, 1.807) is 6.92 Å². The maximum Gasteiger partial charge on any atom is 0.311 e. The molecule has 114 valence electrons. The van der Waals surface area contributed by atoms with Gasteiger partial charge >= 0.3 is 5.97 Å². The molecule has 0 heterocycles. The van der Waals surface area contributed by atoms with Crippen LogP contribution in [0.25, 0.3) is 0 Å². The van der Waals surface area contributed by atoms with Crippen molar-refractivity contribution >= 4 is 11.9 Å². The predicted molar refractivity (Wildman–Crippen MR) is 76.1 cm³/mol. The van der Waals surface area contributed by atoms with Gasteiger partial charge in [0, 0.05) is 18.0 Å². The topological polar surface area (TPSA) is 92.4 Å². The van der Waals surface area contributed by atoms with Crippen molar-refractivity contribution < 1.29 is 14.7 Å². The quantitative estimate of drug-likeness (QED) is 0.733. The molecule has 0 aromatic heterocycles. The van der Waals surface area contributed by atoms with Gasteiger partial charge in [-0.25, -0.2) is 0 Å². The van der Waals surface area contributed by atoms with Crippen LogP contribution >= 0.6 is 0 Å². The highest BCUT2D eigenvalue weighted by Gasteiger charge is 2.46. The van der Waals surface area contributed by atoms with E-state index in [2.05, 4.69) is 5.32 Å². The minimum atomic E-state index is -0.829. The van der Waals surface area contributed by atoms with Crippen LogP contribution in [-0.4, -0.2) is 28.6 Å². The first kappa shape index (κ1) is 15.3. The van der Waals surface area contributed by atoms with E-state index in [0.29, 0.717) is 12.8 Å². The molecule has 5 heteroatoms. The second-order valence-electron chi connectivity index (χ2n) is 6.83. The summed E-state index contributed by atoms with van der Waals surface area (Å²) in [5.41, 5.74) is 5.07. The van der Waals surface area contributed by atoms with Gasteiger partial charge in [-0.3, -0.25) is 9.59 Å². The minimum Gasteiger partial charge on any atom is -0.481 e. The molecule has 0 radical (unpaired) electrons. The van der Waals surface area contributed by atoms with Gasteiger partial charge in [0.15, 0.2) is 0 Å². The highest BCUT2D eigenvalue weighted by Crippen LogP contribution is 2.38. The monoisotopic (exact) mass is 282 g/mol. The zero-order chi connectivity index (χ0) is 14.8. The molecule has 2 saturated carbocycles. The van der Waals surface area contributed by atoms with Crippen LogP contribution in [0.1, 0.15) is 64.7 Å². The van der Waals surface area contributed by atoms with Crippen molar-refractivity contribution in [3.05, 3.63) is 0 Å². The molecule has 0 bridgehead atoms. The van der Waals surface area contributed by atoms with E-state index in [1.165, 1.54) is 6.42 Å². The van der Waals surface area contributed by atoms with Crippen LogP contribution in [0, 0.1) is 5.41 Å². The van der Waals surface area contributed by atoms with E-state index < -0.39 is 11.4 Å². The summed E-state index contributed by atoms with van der Waals surface area (Å²) in [6.45, 7) is 1.73. The van der Waals surface area contributed by atoms with Crippen LogP contribution in [0.4, 0.5) is 0 Å². The van der Waals surface area contributed by atoms with Crippen LogP contribution < -0.4 is 11.1 Å². The van der Waals surface area contributed by atoms with Crippen LogP contribution in [-0.2, 0) is 9.59 Å². The van der Waals surface area contributed by atoms with Gasteiger partial charge in [-0.1, -0.05) is 25.7 Å². The van der Waals surface area contributed by atoms with Gasteiger partial charge in [-0.2, -0.15) is 0 Å². The van der Waals surface area contributed by atoms with Gasteiger partial charge < -0.3 is 16.2 Å². The molecule has 2 unspecified atom stereocenters. The summed E-state index contributed by atoms with van der Waals surface area (Å²) < 4.78 is 0. The first-order chi connectivity index (χ1) is 9.36. The Balaban J connectivity index is 1.92. The molecule has 0 spiro atoms. The Hall–Kier alpha value is -1.10. The minimum absolute atomic E-state index is 0.0891. The van der Waals surface area contributed by atoms with E-state index in [9.17, 15) is 14.7 Å². The number of carboxylic acid groups (broad SMARTS) is 1. The van der Waals surface area contributed by atoms with Crippen LogP contribution in [0.3, 0.4) is 0 Å². The second kappa shape index (κ2) is 5.72. The Morgan fingerprint density at radius 2 is 1.85 bits per heavy atom. The van der Waals surface area contributed by atoms with E-state index in [-0.39, 0.29) is 17.5 Å². The van der Waals surface area contributed by atoms with E-state index in [1.807, 2.05) is 0 Å². The summed E-state index contributed by atoms with van der Waals surface area (Å²) in [5, 5.41) is 12.3. The fourth-order valence-electron chi connectivity index (χ4n) is 3.65. The molecule has 2 aliphatic carbocycles. The SMILES string of the molecule is CC1(C(=O)O)CCCC1NC(=O)CC1(N)CCCCC1. The van der Waals surface area contributed by atoms with Gasteiger partial charge in [0.25, 0.3) is 0 Å². The Labute approximate surface area is 120 Å². The smallest absolute Gasteiger partial charge is 0.311 e. The molecule has 4 N–H and O–H groups in total. The Kier molecular flexibility index (Phi) is 4.37. The maximum absolute atomic E-state index is 12.2. The van der Waals surface area contributed by atoms with Crippen LogP contribution in [0.2, 0.25) is 0 Å². The molecular weight excluding hydrogens is 256 g/mol. The molecular formula is C15H26N2O3. The third-order valence-corrected chi connectivity index (χ3v) is 5.14. The molecule has 0 saturated heterocycles. The summed E-state index contributed by atoms with van der Waals surface area (Å²) >= 11 is 0. The zero-order valence-electron chi connectivity index (χ0n) is 12.3. The Morgan fingerprint density at radius 1 is 1.20 bits per heavy atom. The number of nitrogens with one attached hydrogen (secondary N) is 1. The van der Waals surface area contributed by atoms with Crippen LogP contribution in [0.15, 0.2) is 0 Å². The van der Waals surface area contributed by atoms with Gasteiger partial charge in [-0.05, 0) is 32.6 Å². The lowest BCUT2D eigenvalue weighted by Gasteiger charge is -2.34. The normalized spacial score (nSPS) is 32.8. The number of hydrogen-bond acceptors (Lipinski definition) is 3. The number of amides is 1. The fraction of sp³-hybridized carbons (Fsp3) is 0.867. The largest absolute Gasteiger partial charge is 0.481 e. The van der Waals surface area contributed by atoms with Crippen molar-refractivity contribution in [2.24, 2.45) is 11.1 Å². The predicted octanol–water partition coefficient (Wildman–Crippen LogP) is 1.80. The first-order valence-corrected chi connectivity index (χ1v) is 7.67. The van der Waals surface area contributed by atoms with Crippen molar-refractivity contribution in [3.8, 4) is 0 Å². The average molecular weight is 282 g/mol.